The summed E-state index contributed by atoms with van der Waals surface area (Å²) in [5.41, 5.74) is 0.807. The van der Waals surface area contributed by atoms with Crippen LogP contribution in [0.25, 0.3) is 0 Å². The van der Waals surface area contributed by atoms with E-state index in [0.29, 0.717) is 12.5 Å². The first-order chi connectivity index (χ1) is 9.09. The summed E-state index contributed by atoms with van der Waals surface area (Å²) in [4.78, 5) is 14.4. The minimum absolute atomic E-state index is 0.147. The highest BCUT2D eigenvalue weighted by atomic mass is 16.3. The highest BCUT2D eigenvalue weighted by molar-refractivity contribution is 5.88. The maximum Gasteiger partial charge on any atom is 0.154 e. The first-order valence-corrected chi connectivity index (χ1v) is 7.05. The third-order valence-electron chi connectivity index (χ3n) is 3.96. The van der Waals surface area contributed by atoms with Gasteiger partial charge in [-0.3, -0.25) is 4.79 Å². The van der Waals surface area contributed by atoms with Gasteiger partial charge >= 0.3 is 0 Å². The van der Waals surface area contributed by atoms with E-state index in [9.17, 15) is 9.90 Å². The number of ketones is 1. The summed E-state index contributed by atoms with van der Waals surface area (Å²) >= 11 is 0. The molecule has 3 heteroatoms. The lowest BCUT2D eigenvalue weighted by Gasteiger charge is -2.24. The number of aromatic hydroxyl groups is 1. The van der Waals surface area contributed by atoms with E-state index in [-0.39, 0.29) is 17.5 Å². The van der Waals surface area contributed by atoms with Gasteiger partial charge in [-0.1, -0.05) is 31.0 Å². The number of carbonyl (C=O) groups is 1. The van der Waals surface area contributed by atoms with Crippen LogP contribution in [0.2, 0.25) is 0 Å². The van der Waals surface area contributed by atoms with Crippen LogP contribution >= 0.6 is 0 Å². The molecule has 1 aromatic carbocycles. The highest BCUT2D eigenvalue weighted by Crippen LogP contribution is 2.40. The van der Waals surface area contributed by atoms with Crippen molar-refractivity contribution < 1.29 is 9.90 Å². The molecule has 0 bridgehead atoms. The van der Waals surface area contributed by atoms with E-state index < -0.39 is 0 Å². The molecule has 0 aliphatic heterocycles. The summed E-state index contributed by atoms with van der Waals surface area (Å²) in [5, 5.41) is 10.1. The fraction of sp³-hybridized carbons (Fsp3) is 0.562. The zero-order chi connectivity index (χ0) is 13.8. The molecule has 19 heavy (non-hydrogen) atoms. The fourth-order valence-electron chi connectivity index (χ4n) is 3.14. The lowest BCUT2D eigenvalue weighted by atomic mass is 9.81. The molecule has 1 aromatic rings. The molecular weight excluding hydrogens is 238 g/mol. The van der Waals surface area contributed by atoms with Gasteiger partial charge in [0.2, 0.25) is 0 Å². The Balaban J connectivity index is 2.28. The summed E-state index contributed by atoms with van der Waals surface area (Å²) in [7, 11) is 3.82. The van der Waals surface area contributed by atoms with Crippen molar-refractivity contribution in [1.82, 2.24) is 4.90 Å². The average molecular weight is 261 g/mol. The van der Waals surface area contributed by atoms with Gasteiger partial charge in [0.15, 0.2) is 5.78 Å². The van der Waals surface area contributed by atoms with Crippen molar-refractivity contribution in [1.29, 1.82) is 0 Å². The Morgan fingerprint density at radius 3 is 2.53 bits per heavy atom. The summed E-state index contributed by atoms with van der Waals surface area (Å²) in [6.45, 7) is 0.440. The van der Waals surface area contributed by atoms with Crippen molar-refractivity contribution in [3.05, 3.63) is 29.8 Å². The standard InChI is InChI=1S/C16H23NO2/c1-17(2)11-15(19)16(12-7-3-4-8-12)13-9-5-6-10-14(13)18/h5-6,9-10,12,16,18H,3-4,7-8,11H2,1-2H3. The molecule has 0 saturated heterocycles. The first-order valence-electron chi connectivity index (χ1n) is 7.05. The van der Waals surface area contributed by atoms with Crippen LogP contribution in [-0.2, 0) is 4.79 Å². The van der Waals surface area contributed by atoms with Crippen molar-refractivity contribution in [2.24, 2.45) is 5.92 Å². The minimum Gasteiger partial charge on any atom is -0.508 e. The predicted molar refractivity (Wildman–Crippen MR) is 76.4 cm³/mol. The van der Waals surface area contributed by atoms with Crippen LogP contribution in [0.5, 0.6) is 5.75 Å². The molecule has 0 spiro atoms. The molecule has 0 heterocycles. The largest absolute Gasteiger partial charge is 0.508 e. The summed E-state index contributed by atoms with van der Waals surface area (Å²) < 4.78 is 0. The number of benzene rings is 1. The predicted octanol–water partition coefficient (Wildman–Crippen LogP) is 2.80. The zero-order valence-electron chi connectivity index (χ0n) is 11.8. The molecule has 0 radical (unpaired) electrons. The summed E-state index contributed by atoms with van der Waals surface area (Å²) in [5.74, 6) is 0.719. The van der Waals surface area contributed by atoms with Gasteiger partial charge in [0.05, 0.1) is 12.5 Å². The van der Waals surface area contributed by atoms with Gasteiger partial charge in [-0.15, -0.1) is 0 Å². The Kier molecular flexibility index (Phi) is 4.59. The van der Waals surface area contributed by atoms with Crippen LogP contribution in [-0.4, -0.2) is 36.4 Å². The number of phenolic OH excluding ortho intramolecular Hbond substituents is 1. The lowest BCUT2D eigenvalue weighted by Crippen LogP contribution is -2.30. The first kappa shape index (κ1) is 14.1. The molecule has 0 aromatic heterocycles. The Bertz CT molecular complexity index is 436. The number of para-hydroxylation sites is 1. The van der Waals surface area contributed by atoms with Crippen LogP contribution in [0.1, 0.15) is 37.2 Å². The van der Waals surface area contributed by atoms with Crippen LogP contribution in [0.4, 0.5) is 0 Å². The smallest absolute Gasteiger partial charge is 0.154 e. The van der Waals surface area contributed by atoms with Crippen LogP contribution in [0.3, 0.4) is 0 Å². The number of hydrogen-bond acceptors (Lipinski definition) is 3. The molecule has 1 atom stereocenters. The van der Waals surface area contributed by atoms with Gasteiger partial charge in [0.1, 0.15) is 5.75 Å². The molecule has 104 valence electrons. The number of rotatable bonds is 5. The Morgan fingerprint density at radius 2 is 1.95 bits per heavy atom. The molecule has 1 fully saturated rings. The Morgan fingerprint density at radius 1 is 1.32 bits per heavy atom. The van der Waals surface area contributed by atoms with Gasteiger partial charge in [0, 0.05) is 5.56 Å². The van der Waals surface area contributed by atoms with Gasteiger partial charge in [0.25, 0.3) is 0 Å². The second-order valence-electron chi connectivity index (χ2n) is 5.79. The van der Waals surface area contributed by atoms with Crippen molar-refractivity contribution in [2.45, 2.75) is 31.6 Å². The van der Waals surface area contributed by atoms with E-state index in [1.807, 2.05) is 31.1 Å². The molecule has 1 N–H and O–H groups in total. The SMILES string of the molecule is CN(C)CC(=O)C(c1ccccc1O)C1CCCC1. The number of nitrogens with zero attached hydrogens (tertiary/aromatic N) is 1. The van der Waals surface area contributed by atoms with Gasteiger partial charge in [-0.05, 0) is 38.9 Å². The van der Waals surface area contributed by atoms with Crippen molar-refractivity contribution >= 4 is 5.78 Å². The minimum atomic E-state index is -0.147. The van der Waals surface area contributed by atoms with Crippen LogP contribution in [0, 0.1) is 5.92 Å². The molecule has 1 aliphatic carbocycles. The molecule has 1 unspecified atom stereocenters. The molecule has 1 saturated carbocycles. The molecule has 1 aliphatic rings. The maximum atomic E-state index is 12.5. The third kappa shape index (κ3) is 3.35. The van der Waals surface area contributed by atoms with E-state index in [1.165, 1.54) is 12.8 Å². The molecule has 0 amide bonds. The van der Waals surface area contributed by atoms with E-state index in [1.54, 1.807) is 12.1 Å². The van der Waals surface area contributed by atoms with E-state index in [0.717, 1.165) is 18.4 Å². The number of Topliss-reactive ketones (excluding diaryl/α,β-unsaturated/α-hetero) is 1. The Hall–Kier alpha value is -1.35. The fourth-order valence-corrected chi connectivity index (χ4v) is 3.14. The van der Waals surface area contributed by atoms with E-state index in [2.05, 4.69) is 0 Å². The zero-order valence-corrected chi connectivity index (χ0v) is 11.8. The van der Waals surface area contributed by atoms with Crippen LogP contribution in [0.15, 0.2) is 24.3 Å². The topological polar surface area (TPSA) is 40.5 Å². The molecular formula is C16H23NO2. The second kappa shape index (κ2) is 6.20. The van der Waals surface area contributed by atoms with Gasteiger partial charge < -0.3 is 10.0 Å². The summed E-state index contributed by atoms with van der Waals surface area (Å²) in [6, 6.07) is 7.28. The second-order valence-corrected chi connectivity index (χ2v) is 5.79. The molecule has 3 nitrogen and oxygen atoms in total. The van der Waals surface area contributed by atoms with Crippen molar-refractivity contribution in [2.75, 3.05) is 20.6 Å². The normalized spacial score (nSPS) is 17.8. The van der Waals surface area contributed by atoms with Gasteiger partial charge in [-0.25, -0.2) is 0 Å². The monoisotopic (exact) mass is 261 g/mol. The number of hydrogen-bond donors (Lipinski definition) is 1. The quantitative estimate of drug-likeness (QED) is 0.886. The maximum absolute atomic E-state index is 12.5. The number of likely N-dealkylation sites (N-methyl/N-ethyl adjacent to an activating group) is 1. The highest BCUT2D eigenvalue weighted by Gasteiger charge is 2.33. The number of phenols is 1. The van der Waals surface area contributed by atoms with Crippen molar-refractivity contribution in [3.8, 4) is 5.75 Å². The van der Waals surface area contributed by atoms with Crippen molar-refractivity contribution in [3.63, 3.8) is 0 Å². The molecule has 2 rings (SSSR count). The lowest BCUT2D eigenvalue weighted by molar-refractivity contribution is -0.122. The van der Waals surface area contributed by atoms with E-state index in [4.69, 9.17) is 0 Å². The number of carbonyl (C=O) groups excluding carboxylic acids is 1. The third-order valence-corrected chi connectivity index (χ3v) is 3.96. The van der Waals surface area contributed by atoms with Gasteiger partial charge in [-0.2, -0.15) is 0 Å². The average Bonchev–Trinajstić information content (AvgIpc) is 2.84. The van der Waals surface area contributed by atoms with E-state index >= 15 is 0 Å². The Labute approximate surface area is 115 Å². The van der Waals surface area contributed by atoms with Crippen LogP contribution < -0.4 is 0 Å². The summed E-state index contributed by atoms with van der Waals surface area (Å²) in [6.07, 6.45) is 4.59.